The standard InChI is InChI=1S/C9H6N6O7/c1-19-20-8-12-4-2(6(16)14-8)11-5-3(10-4)7(17)15-9(13-5)21-22-18/h18H,1H3,(H,10,12,14,16)(H,11,13,15,17)/p+1. The van der Waals surface area contributed by atoms with Gasteiger partial charge in [-0.2, -0.15) is 14.9 Å². The molecule has 0 saturated heterocycles. The van der Waals surface area contributed by atoms with Gasteiger partial charge in [0.1, 0.15) is 5.04 Å². The van der Waals surface area contributed by atoms with Gasteiger partial charge in [-0.15, -0.1) is 0 Å². The first kappa shape index (κ1) is 13.8. The number of hydrogen-bond donors (Lipinski definition) is 2. The highest BCUT2D eigenvalue weighted by Crippen LogP contribution is 2.11. The molecule has 3 aromatic heterocycles. The van der Waals surface area contributed by atoms with Crippen molar-refractivity contribution in [1.82, 2.24) is 29.9 Å². The zero-order valence-electron chi connectivity index (χ0n) is 10.7. The van der Waals surface area contributed by atoms with E-state index in [2.05, 4.69) is 49.6 Å². The van der Waals surface area contributed by atoms with Crippen LogP contribution in [0.5, 0.6) is 12.0 Å². The number of rotatable bonds is 4. The first-order valence-corrected chi connectivity index (χ1v) is 5.55. The van der Waals surface area contributed by atoms with Crippen molar-refractivity contribution in [3.05, 3.63) is 20.7 Å². The first-order chi connectivity index (χ1) is 10.6. The minimum Gasteiger partial charge on any atom is -0.297 e. The van der Waals surface area contributed by atoms with Crippen LogP contribution in [0.25, 0.3) is 22.3 Å². The molecule has 0 aliphatic carbocycles. The topological polar surface area (TPSA) is 177 Å². The van der Waals surface area contributed by atoms with Gasteiger partial charge in [-0.25, -0.2) is 20.1 Å². The van der Waals surface area contributed by atoms with E-state index in [-0.39, 0.29) is 28.3 Å². The maximum absolute atomic E-state index is 11.9. The van der Waals surface area contributed by atoms with Gasteiger partial charge in [0.25, 0.3) is 11.1 Å². The molecule has 3 aromatic rings. The molecule has 0 radical (unpaired) electrons. The van der Waals surface area contributed by atoms with Gasteiger partial charge in [-0.1, -0.05) is 0 Å². The Balaban J connectivity index is 2.31. The van der Waals surface area contributed by atoms with Crippen LogP contribution < -0.4 is 20.9 Å². The zero-order chi connectivity index (χ0) is 15.7. The summed E-state index contributed by atoms with van der Waals surface area (Å²) in [6.45, 7) is 0. The van der Waals surface area contributed by atoms with Crippen LogP contribution in [-0.4, -0.2) is 42.3 Å². The fraction of sp³-hybridized carbons (Fsp3) is 0.111. The lowest BCUT2D eigenvalue weighted by Crippen LogP contribution is -2.17. The molecule has 114 valence electrons. The molecule has 0 aliphatic rings. The SMILES string of the molecule is COOc1nc2nc3c(=O)[nH]c(OO[OH2+])nc3nc2c(=O)[nH]1. The molecule has 0 fully saturated rings. The van der Waals surface area contributed by atoms with Crippen LogP contribution in [0.15, 0.2) is 9.59 Å². The summed E-state index contributed by atoms with van der Waals surface area (Å²) in [5, 5.41) is 10.1. The van der Waals surface area contributed by atoms with Gasteiger partial charge in [-0.3, -0.25) is 24.4 Å². The van der Waals surface area contributed by atoms with Crippen molar-refractivity contribution in [3.63, 3.8) is 0 Å². The second-order valence-electron chi connectivity index (χ2n) is 3.73. The highest BCUT2D eigenvalue weighted by atomic mass is 17.5. The summed E-state index contributed by atoms with van der Waals surface area (Å²) in [7, 11) is 1.22. The van der Waals surface area contributed by atoms with Crippen LogP contribution in [-0.2, 0) is 9.93 Å². The number of nitrogens with one attached hydrogen (secondary N) is 2. The molecule has 4 N–H and O–H groups in total. The Hall–Kier alpha value is -3.16. The lowest BCUT2D eigenvalue weighted by Gasteiger charge is -2.02. The zero-order valence-corrected chi connectivity index (χ0v) is 10.7. The molecule has 0 saturated carbocycles. The predicted molar refractivity (Wildman–Crippen MR) is 66.8 cm³/mol. The summed E-state index contributed by atoms with van der Waals surface area (Å²) in [6, 6.07) is -0.662. The molecule has 13 nitrogen and oxygen atoms in total. The molecule has 22 heavy (non-hydrogen) atoms. The molecule has 0 atom stereocenters. The van der Waals surface area contributed by atoms with Gasteiger partial charge in [0.05, 0.1) is 7.11 Å². The summed E-state index contributed by atoms with van der Waals surface area (Å²) >= 11 is 0. The molecule has 0 amide bonds. The summed E-state index contributed by atoms with van der Waals surface area (Å²) in [4.78, 5) is 56.8. The molecule has 0 bridgehead atoms. The van der Waals surface area contributed by atoms with E-state index in [1.54, 1.807) is 0 Å². The molecular formula is C9H7N6O7+. The van der Waals surface area contributed by atoms with Gasteiger partial charge < -0.3 is 0 Å². The molecule has 0 aliphatic heterocycles. The van der Waals surface area contributed by atoms with Crippen molar-refractivity contribution >= 4 is 22.3 Å². The van der Waals surface area contributed by atoms with Gasteiger partial charge >= 0.3 is 12.0 Å². The molecule has 0 unspecified atom stereocenters. The average molecular weight is 311 g/mol. The second-order valence-corrected chi connectivity index (χ2v) is 3.73. The maximum Gasteiger partial charge on any atom is 0.344 e. The van der Waals surface area contributed by atoms with Crippen molar-refractivity contribution in [3.8, 4) is 12.0 Å². The number of fused-ring (bicyclic) bond motifs is 2. The second kappa shape index (κ2) is 5.32. The molecule has 13 heteroatoms. The van der Waals surface area contributed by atoms with Gasteiger partial charge in [0, 0.05) is 0 Å². The van der Waals surface area contributed by atoms with Crippen LogP contribution in [0.4, 0.5) is 0 Å². The molecule has 0 aromatic carbocycles. The van der Waals surface area contributed by atoms with Crippen LogP contribution in [0.2, 0.25) is 0 Å². The van der Waals surface area contributed by atoms with Crippen molar-refractivity contribution < 1.29 is 25.0 Å². The third-order valence-electron chi connectivity index (χ3n) is 2.43. The van der Waals surface area contributed by atoms with Crippen molar-refractivity contribution in [2.75, 3.05) is 7.11 Å². The predicted octanol–water partition coefficient (Wildman–Crippen LogP) is -2.16. The van der Waals surface area contributed by atoms with Crippen molar-refractivity contribution in [2.45, 2.75) is 0 Å². The van der Waals surface area contributed by atoms with Crippen LogP contribution in [0.3, 0.4) is 0 Å². The Morgan fingerprint density at radius 2 is 1.36 bits per heavy atom. The van der Waals surface area contributed by atoms with Crippen molar-refractivity contribution in [2.24, 2.45) is 0 Å². The van der Waals surface area contributed by atoms with E-state index >= 15 is 0 Å². The Bertz CT molecular complexity index is 887. The average Bonchev–Trinajstić information content (AvgIpc) is 2.47. The maximum atomic E-state index is 11.9. The number of aromatic nitrogens is 6. The number of hydrogen-bond acceptors (Lipinski definition) is 10. The van der Waals surface area contributed by atoms with E-state index < -0.39 is 17.1 Å². The number of nitrogens with zero attached hydrogens (tertiary/aromatic N) is 4. The lowest BCUT2D eigenvalue weighted by atomic mass is 10.4. The third-order valence-corrected chi connectivity index (χ3v) is 2.43. The van der Waals surface area contributed by atoms with E-state index in [1.807, 2.05) is 0 Å². The third kappa shape index (κ3) is 2.30. The molecule has 3 rings (SSSR count). The van der Waals surface area contributed by atoms with Gasteiger partial charge in [0.2, 0.25) is 0 Å². The van der Waals surface area contributed by atoms with E-state index in [9.17, 15) is 9.59 Å². The van der Waals surface area contributed by atoms with Crippen LogP contribution >= 0.6 is 0 Å². The van der Waals surface area contributed by atoms with E-state index in [4.69, 9.17) is 5.26 Å². The number of H-pyrrole nitrogens is 2. The number of aromatic amines is 2. The molecular weight excluding hydrogens is 304 g/mol. The minimum atomic E-state index is -0.720. The highest BCUT2D eigenvalue weighted by Gasteiger charge is 2.14. The molecule has 3 heterocycles. The van der Waals surface area contributed by atoms with E-state index in [0.29, 0.717) is 0 Å². The van der Waals surface area contributed by atoms with Crippen LogP contribution in [0.1, 0.15) is 0 Å². The van der Waals surface area contributed by atoms with Gasteiger partial charge in [-0.05, 0) is 0 Å². The Labute approximate surface area is 118 Å². The quantitative estimate of drug-likeness (QED) is 0.233. The molecule has 0 spiro atoms. The summed E-state index contributed by atoms with van der Waals surface area (Å²) in [5.41, 5.74) is -2.08. The Kier molecular flexibility index (Phi) is 3.34. The summed E-state index contributed by atoms with van der Waals surface area (Å²) < 4.78 is 0. The summed E-state index contributed by atoms with van der Waals surface area (Å²) in [6.07, 6.45) is 0. The minimum absolute atomic E-state index is 0.138. The smallest absolute Gasteiger partial charge is 0.297 e. The van der Waals surface area contributed by atoms with E-state index in [1.165, 1.54) is 7.11 Å². The Morgan fingerprint density at radius 3 is 1.82 bits per heavy atom. The first-order valence-electron chi connectivity index (χ1n) is 5.55. The van der Waals surface area contributed by atoms with Crippen molar-refractivity contribution in [1.29, 1.82) is 0 Å². The van der Waals surface area contributed by atoms with E-state index in [0.717, 1.165) is 0 Å². The van der Waals surface area contributed by atoms with Gasteiger partial charge in [0.15, 0.2) is 22.3 Å². The summed E-state index contributed by atoms with van der Waals surface area (Å²) in [5.74, 6) is 0. The van der Waals surface area contributed by atoms with Crippen LogP contribution in [0, 0.1) is 0 Å². The Morgan fingerprint density at radius 1 is 0.864 bits per heavy atom. The monoisotopic (exact) mass is 311 g/mol. The lowest BCUT2D eigenvalue weighted by molar-refractivity contribution is -0.441. The normalized spacial score (nSPS) is 11.0. The fourth-order valence-corrected chi connectivity index (χ4v) is 1.64. The highest BCUT2D eigenvalue weighted by molar-refractivity contribution is 5.80. The largest absolute Gasteiger partial charge is 0.344 e. The fourth-order valence-electron chi connectivity index (χ4n) is 1.64.